The van der Waals surface area contributed by atoms with Gasteiger partial charge in [0, 0.05) is 37.0 Å². The van der Waals surface area contributed by atoms with Crippen LogP contribution in [0.15, 0.2) is 76.4 Å². The number of aromatic hydroxyl groups is 3. The van der Waals surface area contributed by atoms with Crippen LogP contribution in [-0.2, 0) is 0 Å². The summed E-state index contributed by atoms with van der Waals surface area (Å²) in [6.45, 7) is 1.54. The van der Waals surface area contributed by atoms with Crippen LogP contribution in [0.4, 0.5) is 28.4 Å². The number of aliphatic hydroxyl groups excluding tert-OH is 1. The highest BCUT2D eigenvalue weighted by Gasteiger charge is 2.19. The Morgan fingerprint density at radius 1 is 0.750 bits per heavy atom. The number of carboxylic acid groups (broad SMARTS) is 2. The van der Waals surface area contributed by atoms with Crippen molar-refractivity contribution in [2.45, 2.75) is 6.92 Å². The summed E-state index contributed by atoms with van der Waals surface area (Å²) in [7, 11) is 1.68. The predicted octanol–water partition coefficient (Wildman–Crippen LogP) is 5.15. The predicted molar refractivity (Wildman–Crippen MR) is 150 cm³/mol. The van der Waals surface area contributed by atoms with Gasteiger partial charge >= 0.3 is 11.9 Å². The first-order chi connectivity index (χ1) is 19.0. The lowest BCUT2D eigenvalue weighted by atomic mass is 10.1. The number of hydrogen-bond acceptors (Lipinski definition) is 10. The van der Waals surface area contributed by atoms with Gasteiger partial charge in [-0.25, -0.2) is 19.6 Å². The van der Waals surface area contributed by atoms with Crippen molar-refractivity contribution in [3.05, 3.63) is 83.1 Å². The van der Waals surface area contributed by atoms with E-state index in [1.54, 1.807) is 20.0 Å². The first-order valence-electron chi connectivity index (χ1n) is 11.7. The minimum atomic E-state index is -1.32. The molecule has 0 spiro atoms. The van der Waals surface area contributed by atoms with Crippen LogP contribution in [0.5, 0.6) is 17.2 Å². The van der Waals surface area contributed by atoms with Gasteiger partial charge in [0.1, 0.15) is 34.4 Å². The molecule has 204 valence electrons. The van der Waals surface area contributed by atoms with E-state index in [0.29, 0.717) is 11.3 Å². The SMILES string of the molecule is CNc1ccc(Nc2cc(O)c(N=C3C=CC(=Nc4cc(O)c(C)cc4C(=O)O)C(O)=C3)cc2C(=O)O)c(O)c1. The maximum Gasteiger partial charge on any atom is 0.337 e. The Kier molecular flexibility index (Phi) is 7.44. The summed E-state index contributed by atoms with van der Waals surface area (Å²) in [5, 5.41) is 66.2. The number of phenols is 3. The molecule has 0 aliphatic heterocycles. The summed E-state index contributed by atoms with van der Waals surface area (Å²) in [6.07, 6.45) is 3.96. The van der Waals surface area contributed by atoms with Crippen molar-refractivity contribution in [3.8, 4) is 17.2 Å². The number of hydrogen-bond donors (Lipinski definition) is 8. The van der Waals surface area contributed by atoms with E-state index in [1.807, 2.05) is 0 Å². The minimum Gasteiger partial charge on any atom is -0.508 e. The van der Waals surface area contributed by atoms with Gasteiger partial charge in [0.15, 0.2) is 0 Å². The van der Waals surface area contributed by atoms with Crippen molar-refractivity contribution in [1.82, 2.24) is 0 Å². The number of aliphatic hydroxyl groups is 1. The molecule has 0 aromatic heterocycles. The molecule has 0 bridgehead atoms. The number of carboxylic acids is 2. The fraction of sp³-hybridized carbons (Fsp3) is 0.0714. The van der Waals surface area contributed by atoms with E-state index in [1.165, 1.54) is 42.5 Å². The number of aryl methyl sites for hydroxylation is 1. The average molecular weight is 545 g/mol. The largest absolute Gasteiger partial charge is 0.508 e. The Bertz CT molecular complexity index is 1670. The Labute approximate surface area is 227 Å². The van der Waals surface area contributed by atoms with Gasteiger partial charge in [-0.05, 0) is 48.9 Å². The zero-order valence-corrected chi connectivity index (χ0v) is 21.2. The molecule has 0 radical (unpaired) electrons. The molecule has 8 N–H and O–H groups in total. The number of phenolic OH excluding ortho intramolecular Hbond substituents is 3. The number of nitrogens with zero attached hydrogens (tertiary/aromatic N) is 2. The molecule has 0 amide bonds. The van der Waals surface area contributed by atoms with Gasteiger partial charge in [0.2, 0.25) is 0 Å². The van der Waals surface area contributed by atoms with Crippen molar-refractivity contribution in [2.24, 2.45) is 9.98 Å². The second-order valence-corrected chi connectivity index (χ2v) is 8.66. The molecule has 0 unspecified atom stereocenters. The second kappa shape index (κ2) is 10.9. The smallest absolute Gasteiger partial charge is 0.337 e. The summed E-state index contributed by atoms with van der Waals surface area (Å²) in [4.78, 5) is 31.9. The molecular weight excluding hydrogens is 520 g/mol. The molecule has 40 heavy (non-hydrogen) atoms. The highest BCUT2D eigenvalue weighted by Crippen LogP contribution is 2.37. The molecule has 0 heterocycles. The zero-order chi connectivity index (χ0) is 29.1. The topological polar surface area (TPSA) is 204 Å². The van der Waals surface area contributed by atoms with Gasteiger partial charge in [-0.1, -0.05) is 0 Å². The summed E-state index contributed by atoms with van der Waals surface area (Å²) < 4.78 is 0. The lowest BCUT2D eigenvalue weighted by Crippen LogP contribution is -2.08. The second-order valence-electron chi connectivity index (χ2n) is 8.66. The van der Waals surface area contributed by atoms with Gasteiger partial charge in [0.25, 0.3) is 0 Å². The lowest BCUT2D eigenvalue weighted by Gasteiger charge is -2.14. The Morgan fingerprint density at radius 2 is 1.48 bits per heavy atom. The van der Waals surface area contributed by atoms with Gasteiger partial charge in [-0.2, -0.15) is 0 Å². The number of benzene rings is 3. The number of anilines is 3. The van der Waals surface area contributed by atoms with E-state index in [-0.39, 0.29) is 68.3 Å². The first-order valence-corrected chi connectivity index (χ1v) is 11.7. The minimum absolute atomic E-state index is 0.00374. The maximum atomic E-state index is 12.0. The van der Waals surface area contributed by atoms with Gasteiger partial charge in [0.05, 0.1) is 33.9 Å². The van der Waals surface area contributed by atoms with Crippen LogP contribution in [-0.4, -0.2) is 61.0 Å². The summed E-state index contributed by atoms with van der Waals surface area (Å²) in [6, 6.07) is 9.35. The Morgan fingerprint density at radius 3 is 2.10 bits per heavy atom. The van der Waals surface area contributed by atoms with Crippen molar-refractivity contribution >= 4 is 51.8 Å². The van der Waals surface area contributed by atoms with Crippen LogP contribution in [0.2, 0.25) is 0 Å². The number of carbonyl (C=O) groups is 2. The summed E-state index contributed by atoms with van der Waals surface area (Å²) >= 11 is 0. The standard InChI is InChI=1S/C28H24N4O8/c1-13-7-16(27(37)38)20(11-23(13)33)31-19-6-4-15(9-25(19)35)30-22-10-17(28(39)40)21(12-26(22)36)32-18-5-3-14(29-2)8-24(18)34/h3-12,29,32-36H,1-2H3,(H,37,38)(H,39,40). The van der Waals surface area contributed by atoms with Crippen molar-refractivity contribution in [1.29, 1.82) is 0 Å². The van der Waals surface area contributed by atoms with E-state index >= 15 is 0 Å². The molecule has 3 aromatic rings. The third kappa shape index (κ3) is 5.70. The zero-order valence-electron chi connectivity index (χ0n) is 21.2. The monoisotopic (exact) mass is 544 g/mol. The van der Waals surface area contributed by atoms with Crippen LogP contribution >= 0.6 is 0 Å². The molecule has 0 saturated carbocycles. The van der Waals surface area contributed by atoms with E-state index in [2.05, 4.69) is 20.6 Å². The molecule has 12 heteroatoms. The first kappa shape index (κ1) is 27.3. The summed E-state index contributed by atoms with van der Waals surface area (Å²) in [5.74, 6) is -3.65. The van der Waals surface area contributed by atoms with E-state index < -0.39 is 11.9 Å². The maximum absolute atomic E-state index is 12.0. The van der Waals surface area contributed by atoms with E-state index in [9.17, 15) is 40.2 Å². The highest BCUT2D eigenvalue weighted by atomic mass is 16.4. The number of rotatable bonds is 7. The van der Waals surface area contributed by atoms with Crippen molar-refractivity contribution in [3.63, 3.8) is 0 Å². The molecule has 1 aliphatic carbocycles. The Hall–Kier alpha value is -5.78. The molecule has 3 aromatic carbocycles. The third-order valence-corrected chi connectivity index (χ3v) is 5.89. The summed E-state index contributed by atoms with van der Waals surface area (Å²) in [5.41, 5.74) is 0.719. The van der Waals surface area contributed by atoms with Crippen LogP contribution in [0.1, 0.15) is 26.3 Å². The molecule has 0 saturated heterocycles. The van der Waals surface area contributed by atoms with Crippen molar-refractivity contribution in [2.75, 3.05) is 17.7 Å². The van der Waals surface area contributed by atoms with Gasteiger partial charge in [-0.15, -0.1) is 0 Å². The molecular formula is C28H24N4O8. The van der Waals surface area contributed by atoms with E-state index in [0.717, 1.165) is 12.1 Å². The van der Waals surface area contributed by atoms with Gasteiger partial charge in [-0.3, -0.25) is 0 Å². The van der Waals surface area contributed by atoms with Crippen LogP contribution in [0.3, 0.4) is 0 Å². The van der Waals surface area contributed by atoms with Gasteiger partial charge < -0.3 is 41.3 Å². The van der Waals surface area contributed by atoms with Crippen LogP contribution in [0, 0.1) is 6.92 Å². The molecule has 4 rings (SSSR count). The van der Waals surface area contributed by atoms with E-state index in [4.69, 9.17) is 0 Å². The normalized spacial score (nSPS) is 14.7. The Balaban J connectivity index is 1.66. The third-order valence-electron chi connectivity index (χ3n) is 5.89. The molecule has 12 nitrogen and oxygen atoms in total. The molecule has 1 aliphatic rings. The average Bonchev–Trinajstić information content (AvgIpc) is 2.89. The molecule has 0 atom stereocenters. The highest BCUT2D eigenvalue weighted by molar-refractivity contribution is 6.21. The number of nitrogens with one attached hydrogen (secondary N) is 2. The number of aromatic carboxylic acids is 2. The number of aliphatic imine (C=N–C) groups is 2. The lowest BCUT2D eigenvalue weighted by molar-refractivity contribution is 0.0687. The fourth-order valence-corrected chi connectivity index (χ4v) is 3.78. The quantitative estimate of drug-likeness (QED) is 0.145. The fourth-order valence-electron chi connectivity index (χ4n) is 3.78. The molecule has 0 fully saturated rings. The number of allylic oxidation sites excluding steroid dienone is 3. The van der Waals surface area contributed by atoms with Crippen LogP contribution in [0.25, 0.3) is 0 Å². The van der Waals surface area contributed by atoms with Crippen molar-refractivity contribution < 1.29 is 40.2 Å². The van der Waals surface area contributed by atoms with Crippen LogP contribution < -0.4 is 10.6 Å².